The standard InChI is InChI=1S/C18H30O4/c1-5-21-16(19)9-7-6-8-14-10-12-15(13-11-14)17(20)22-18(2,3)4/h7,9,14-15H,5-6,8,10-13H2,1-4H3/b9-7+. The summed E-state index contributed by atoms with van der Waals surface area (Å²) in [6.07, 6.45) is 9.32. The maximum absolute atomic E-state index is 12.0. The summed E-state index contributed by atoms with van der Waals surface area (Å²) in [5.41, 5.74) is -0.397. The molecule has 1 saturated carbocycles. The first-order chi connectivity index (χ1) is 10.3. The van der Waals surface area contributed by atoms with Crippen molar-refractivity contribution in [2.45, 2.75) is 71.8 Å². The highest BCUT2D eigenvalue weighted by Crippen LogP contribution is 2.33. The molecule has 0 aromatic heterocycles. The summed E-state index contributed by atoms with van der Waals surface area (Å²) in [5.74, 6) is 0.389. The first-order valence-electron chi connectivity index (χ1n) is 8.38. The number of esters is 2. The second-order valence-electron chi connectivity index (χ2n) is 6.98. The van der Waals surface area contributed by atoms with E-state index in [1.165, 1.54) is 6.08 Å². The highest BCUT2D eigenvalue weighted by molar-refractivity contribution is 5.81. The van der Waals surface area contributed by atoms with E-state index in [4.69, 9.17) is 9.47 Å². The molecular weight excluding hydrogens is 280 g/mol. The first kappa shape index (κ1) is 18.7. The van der Waals surface area contributed by atoms with E-state index in [0.29, 0.717) is 12.5 Å². The molecule has 22 heavy (non-hydrogen) atoms. The highest BCUT2D eigenvalue weighted by atomic mass is 16.6. The van der Waals surface area contributed by atoms with Gasteiger partial charge in [-0.1, -0.05) is 6.08 Å². The molecule has 0 bridgehead atoms. The number of allylic oxidation sites excluding steroid dienone is 1. The van der Waals surface area contributed by atoms with Crippen molar-refractivity contribution in [2.75, 3.05) is 6.61 Å². The fourth-order valence-electron chi connectivity index (χ4n) is 2.77. The van der Waals surface area contributed by atoms with Crippen LogP contribution in [0.3, 0.4) is 0 Å². The van der Waals surface area contributed by atoms with Crippen LogP contribution in [-0.4, -0.2) is 24.1 Å². The van der Waals surface area contributed by atoms with Crippen molar-refractivity contribution < 1.29 is 19.1 Å². The molecule has 0 aliphatic heterocycles. The normalized spacial score (nSPS) is 22.5. The lowest BCUT2D eigenvalue weighted by Gasteiger charge is -2.29. The van der Waals surface area contributed by atoms with Crippen LogP contribution >= 0.6 is 0 Å². The number of hydrogen-bond acceptors (Lipinski definition) is 4. The monoisotopic (exact) mass is 310 g/mol. The van der Waals surface area contributed by atoms with Crippen molar-refractivity contribution in [1.82, 2.24) is 0 Å². The molecule has 0 aromatic rings. The maximum atomic E-state index is 12.0. The van der Waals surface area contributed by atoms with Gasteiger partial charge in [-0.05, 0) is 72.1 Å². The second-order valence-corrected chi connectivity index (χ2v) is 6.98. The number of carbonyl (C=O) groups is 2. The summed E-state index contributed by atoms with van der Waals surface area (Å²) in [6.45, 7) is 7.94. The zero-order chi connectivity index (χ0) is 16.6. The predicted octanol–water partition coefficient (Wildman–Crippen LogP) is 4.03. The molecule has 0 spiro atoms. The van der Waals surface area contributed by atoms with Crippen molar-refractivity contribution in [3.8, 4) is 0 Å². The number of hydrogen-bond donors (Lipinski definition) is 0. The zero-order valence-electron chi connectivity index (χ0n) is 14.4. The van der Waals surface area contributed by atoms with E-state index in [9.17, 15) is 9.59 Å². The molecule has 0 N–H and O–H groups in total. The molecule has 0 aromatic carbocycles. The second kappa shape index (κ2) is 8.96. The Kier molecular flexibility index (Phi) is 7.63. The molecule has 1 aliphatic carbocycles. The van der Waals surface area contributed by atoms with Crippen LogP contribution in [0.25, 0.3) is 0 Å². The number of carbonyl (C=O) groups excluding carboxylic acids is 2. The summed E-state index contributed by atoms with van der Waals surface area (Å²) in [6, 6.07) is 0. The fraction of sp³-hybridized carbons (Fsp3) is 0.778. The van der Waals surface area contributed by atoms with Gasteiger partial charge in [-0.15, -0.1) is 0 Å². The summed E-state index contributed by atoms with van der Waals surface area (Å²) < 4.78 is 10.3. The Hall–Kier alpha value is -1.32. The SMILES string of the molecule is CCOC(=O)/C=C/CCC1CCC(C(=O)OC(C)(C)C)CC1. The molecule has 0 radical (unpaired) electrons. The van der Waals surface area contributed by atoms with Gasteiger partial charge in [-0.3, -0.25) is 4.79 Å². The van der Waals surface area contributed by atoms with Crippen LogP contribution in [0.5, 0.6) is 0 Å². The minimum Gasteiger partial charge on any atom is -0.463 e. The van der Waals surface area contributed by atoms with Gasteiger partial charge < -0.3 is 9.47 Å². The predicted molar refractivity (Wildman–Crippen MR) is 86.3 cm³/mol. The van der Waals surface area contributed by atoms with E-state index < -0.39 is 5.60 Å². The molecule has 4 heteroatoms. The summed E-state index contributed by atoms with van der Waals surface area (Å²) in [5, 5.41) is 0. The lowest BCUT2D eigenvalue weighted by atomic mass is 9.80. The molecule has 1 rings (SSSR count). The van der Waals surface area contributed by atoms with Crippen LogP contribution in [0.2, 0.25) is 0 Å². The van der Waals surface area contributed by atoms with E-state index in [0.717, 1.165) is 38.5 Å². The van der Waals surface area contributed by atoms with Gasteiger partial charge in [0.2, 0.25) is 0 Å². The molecule has 1 fully saturated rings. The Morgan fingerprint density at radius 2 is 1.77 bits per heavy atom. The molecular formula is C18H30O4. The summed E-state index contributed by atoms with van der Waals surface area (Å²) in [7, 11) is 0. The van der Waals surface area contributed by atoms with Crippen molar-refractivity contribution >= 4 is 11.9 Å². The minimum atomic E-state index is -0.397. The van der Waals surface area contributed by atoms with Gasteiger partial charge in [-0.2, -0.15) is 0 Å². The van der Waals surface area contributed by atoms with Crippen LogP contribution in [0.15, 0.2) is 12.2 Å². The van der Waals surface area contributed by atoms with Crippen LogP contribution in [0, 0.1) is 11.8 Å². The van der Waals surface area contributed by atoms with Gasteiger partial charge in [0.25, 0.3) is 0 Å². The Morgan fingerprint density at radius 1 is 1.14 bits per heavy atom. The molecule has 4 nitrogen and oxygen atoms in total. The summed E-state index contributed by atoms with van der Waals surface area (Å²) in [4.78, 5) is 23.2. The van der Waals surface area contributed by atoms with Crippen molar-refractivity contribution in [3.05, 3.63) is 12.2 Å². The molecule has 126 valence electrons. The van der Waals surface area contributed by atoms with Crippen LogP contribution < -0.4 is 0 Å². The highest BCUT2D eigenvalue weighted by Gasteiger charge is 2.29. The number of rotatable bonds is 6. The lowest BCUT2D eigenvalue weighted by Crippen LogP contribution is -2.30. The third-order valence-corrected chi connectivity index (χ3v) is 3.87. The van der Waals surface area contributed by atoms with Crippen LogP contribution in [0.1, 0.15) is 66.2 Å². The fourth-order valence-corrected chi connectivity index (χ4v) is 2.77. The lowest BCUT2D eigenvalue weighted by molar-refractivity contribution is -0.161. The topological polar surface area (TPSA) is 52.6 Å². The molecule has 0 saturated heterocycles. The van der Waals surface area contributed by atoms with E-state index in [2.05, 4.69) is 0 Å². The van der Waals surface area contributed by atoms with E-state index in [-0.39, 0.29) is 17.9 Å². The Morgan fingerprint density at radius 3 is 2.32 bits per heavy atom. The Bertz CT molecular complexity index is 384. The van der Waals surface area contributed by atoms with Gasteiger partial charge in [-0.25, -0.2) is 4.79 Å². The molecule has 0 heterocycles. The zero-order valence-corrected chi connectivity index (χ0v) is 14.4. The number of ether oxygens (including phenoxy) is 2. The third-order valence-electron chi connectivity index (χ3n) is 3.87. The van der Waals surface area contributed by atoms with Crippen LogP contribution in [-0.2, 0) is 19.1 Å². The molecule has 1 aliphatic rings. The Labute approximate surface area is 134 Å². The van der Waals surface area contributed by atoms with Crippen molar-refractivity contribution in [1.29, 1.82) is 0 Å². The van der Waals surface area contributed by atoms with E-state index in [1.54, 1.807) is 6.92 Å². The van der Waals surface area contributed by atoms with E-state index in [1.807, 2.05) is 26.8 Å². The Balaban J connectivity index is 2.23. The molecule has 0 unspecified atom stereocenters. The van der Waals surface area contributed by atoms with E-state index >= 15 is 0 Å². The molecule has 0 amide bonds. The van der Waals surface area contributed by atoms with Gasteiger partial charge in [0.05, 0.1) is 12.5 Å². The average Bonchev–Trinajstić information content (AvgIpc) is 2.43. The quantitative estimate of drug-likeness (QED) is 0.549. The van der Waals surface area contributed by atoms with Crippen molar-refractivity contribution in [2.24, 2.45) is 11.8 Å². The maximum Gasteiger partial charge on any atom is 0.330 e. The third kappa shape index (κ3) is 7.62. The van der Waals surface area contributed by atoms with Crippen molar-refractivity contribution in [3.63, 3.8) is 0 Å². The first-order valence-corrected chi connectivity index (χ1v) is 8.38. The van der Waals surface area contributed by atoms with Crippen LogP contribution in [0.4, 0.5) is 0 Å². The van der Waals surface area contributed by atoms with Gasteiger partial charge in [0.15, 0.2) is 0 Å². The van der Waals surface area contributed by atoms with Gasteiger partial charge in [0.1, 0.15) is 5.60 Å². The smallest absolute Gasteiger partial charge is 0.330 e. The molecule has 0 atom stereocenters. The minimum absolute atomic E-state index is 0.0480. The summed E-state index contributed by atoms with van der Waals surface area (Å²) >= 11 is 0. The average molecular weight is 310 g/mol. The largest absolute Gasteiger partial charge is 0.463 e. The van der Waals surface area contributed by atoms with Gasteiger partial charge in [0, 0.05) is 6.08 Å². The van der Waals surface area contributed by atoms with Gasteiger partial charge >= 0.3 is 11.9 Å².